The van der Waals surface area contributed by atoms with Gasteiger partial charge in [-0.2, -0.15) is 0 Å². The molecule has 0 N–H and O–H groups in total. The molecule has 1 saturated carbocycles. The maximum Gasteiger partial charge on any atom is 0.257 e. The van der Waals surface area contributed by atoms with E-state index in [1.165, 1.54) is 19.4 Å². The van der Waals surface area contributed by atoms with E-state index in [2.05, 4.69) is 9.80 Å². The minimum atomic E-state index is 0.103. The van der Waals surface area contributed by atoms with Crippen LogP contribution in [0.3, 0.4) is 0 Å². The lowest BCUT2D eigenvalue weighted by molar-refractivity contribution is -0.0156. The molecule has 1 amide bonds. The first-order chi connectivity index (χ1) is 10.8. The van der Waals surface area contributed by atoms with Gasteiger partial charge in [0.1, 0.15) is 6.26 Å². The fourth-order valence-electron chi connectivity index (χ4n) is 4.15. The molecular weight excluding hydrogens is 280 g/mol. The molecule has 0 unspecified atom stereocenters. The third-order valence-electron chi connectivity index (χ3n) is 5.49. The number of nitrogens with zero attached hydrogens (tertiary/aromatic N) is 2. The molecule has 0 bridgehead atoms. The Morgan fingerprint density at radius 2 is 2.23 bits per heavy atom. The molecule has 0 aromatic carbocycles. The number of methoxy groups -OCH3 is 1. The average molecular weight is 304 g/mol. The number of fused-ring (bicyclic) bond motifs is 1. The van der Waals surface area contributed by atoms with E-state index < -0.39 is 0 Å². The van der Waals surface area contributed by atoms with Gasteiger partial charge < -0.3 is 19.0 Å². The molecule has 22 heavy (non-hydrogen) atoms. The molecule has 1 aromatic heterocycles. The van der Waals surface area contributed by atoms with Crippen LogP contribution < -0.4 is 0 Å². The van der Waals surface area contributed by atoms with E-state index in [1.54, 1.807) is 25.7 Å². The molecule has 5 nitrogen and oxygen atoms in total. The van der Waals surface area contributed by atoms with Crippen LogP contribution in [-0.2, 0) is 4.74 Å². The molecule has 3 aliphatic rings. The summed E-state index contributed by atoms with van der Waals surface area (Å²) in [6.45, 7) is 4.03. The van der Waals surface area contributed by atoms with Crippen LogP contribution in [-0.4, -0.2) is 61.1 Å². The molecule has 5 heteroatoms. The SMILES string of the molecule is CO[C@@H]1CCN(C(=O)c2ccoc2)[C@@H]2CN(CC3CC3)C[C@@H]21. The quantitative estimate of drug-likeness (QED) is 0.852. The fraction of sp³-hybridized carbons (Fsp3) is 0.706. The predicted octanol–water partition coefficient (Wildman–Crippen LogP) is 1.85. The van der Waals surface area contributed by atoms with Gasteiger partial charge in [0.15, 0.2) is 0 Å². The first-order valence-electron chi connectivity index (χ1n) is 8.34. The number of hydrogen-bond donors (Lipinski definition) is 0. The van der Waals surface area contributed by atoms with Crippen molar-refractivity contribution in [1.82, 2.24) is 9.80 Å². The lowest BCUT2D eigenvalue weighted by atomic mass is 9.88. The number of hydrogen-bond acceptors (Lipinski definition) is 4. The summed E-state index contributed by atoms with van der Waals surface area (Å²) in [7, 11) is 1.80. The van der Waals surface area contributed by atoms with Crippen LogP contribution in [0.15, 0.2) is 23.0 Å². The maximum absolute atomic E-state index is 12.7. The minimum absolute atomic E-state index is 0.103. The van der Waals surface area contributed by atoms with E-state index in [0.717, 1.165) is 32.0 Å². The van der Waals surface area contributed by atoms with Crippen molar-refractivity contribution in [2.75, 3.05) is 33.3 Å². The van der Waals surface area contributed by atoms with E-state index in [-0.39, 0.29) is 18.1 Å². The van der Waals surface area contributed by atoms with Gasteiger partial charge in [-0.15, -0.1) is 0 Å². The van der Waals surface area contributed by atoms with Crippen molar-refractivity contribution >= 4 is 5.91 Å². The second-order valence-corrected chi connectivity index (χ2v) is 6.97. The van der Waals surface area contributed by atoms with Crippen LogP contribution in [0, 0.1) is 11.8 Å². The summed E-state index contributed by atoms with van der Waals surface area (Å²) < 4.78 is 10.8. The van der Waals surface area contributed by atoms with Gasteiger partial charge in [-0.25, -0.2) is 0 Å². The lowest BCUT2D eigenvalue weighted by Crippen LogP contribution is -2.53. The third kappa shape index (κ3) is 2.57. The van der Waals surface area contributed by atoms with Crippen molar-refractivity contribution in [3.63, 3.8) is 0 Å². The largest absolute Gasteiger partial charge is 0.472 e. The number of amides is 1. The van der Waals surface area contributed by atoms with Crippen LogP contribution in [0.4, 0.5) is 0 Å². The highest BCUT2D eigenvalue weighted by Crippen LogP contribution is 2.36. The zero-order valence-corrected chi connectivity index (χ0v) is 13.1. The Kier molecular flexibility index (Phi) is 3.70. The zero-order chi connectivity index (χ0) is 15.1. The predicted molar refractivity (Wildman–Crippen MR) is 81.6 cm³/mol. The van der Waals surface area contributed by atoms with Crippen LogP contribution in [0.5, 0.6) is 0 Å². The van der Waals surface area contributed by atoms with Gasteiger partial charge >= 0.3 is 0 Å². The number of ether oxygens (including phenoxy) is 1. The van der Waals surface area contributed by atoms with Crippen molar-refractivity contribution in [1.29, 1.82) is 0 Å². The highest BCUT2D eigenvalue weighted by atomic mass is 16.5. The van der Waals surface area contributed by atoms with E-state index in [0.29, 0.717) is 11.5 Å². The van der Waals surface area contributed by atoms with Gasteiger partial charge in [0.25, 0.3) is 5.91 Å². The smallest absolute Gasteiger partial charge is 0.257 e. The molecule has 1 aliphatic carbocycles. The van der Waals surface area contributed by atoms with E-state index >= 15 is 0 Å². The topological polar surface area (TPSA) is 45.9 Å². The van der Waals surface area contributed by atoms with Crippen molar-refractivity contribution in [2.24, 2.45) is 11.8 Å². The Hall–Kier alpha value is -1.33. The maximum atomic E-state index is 12.7. The molecule has 3 atom stereocenters. The molecule has 3 heterocycles. The summed E-state index contributed by atoms with van der Waals surface area (Å²) in [5.41, 5.74) is 0.662. The average Bonchev–Trinajstić information content (AvgIpc) is 3.03. The Morgan fingerprint density at radius 1 is 1.36 bits per heavy atom. The number of carbonyl (C=O) groups excluding carboxylic acids is 1. The van der Waals surface area contributed by atoms with Gasteiger partial charge in [-0.05, 0) is 31.2 Å². The van der Waals surface area contributed by atoms with Crippen LogP contribution in [0.1, 0.15) is 29.6 Å². The highest BCUT2D eigenvalue weighted by molar-refractivity contribution is 5.94. The Morgan fingerprint density at radius 3 is 2.91 bits per heavy atom. The highest BCUT2D eigenvalue weighted by Gasteiger charge is 2.46. The van der Waals surface area contributed by atoms with Gasteiger partial charge in [0.05, 0.1) is 24.0 Å². The summed E-state index contributed by atoms with van der Waals surface area (Å²) in [5, 5.41) is 0. The van der Waals surface area contributed by atoms with Gasteiger partial charge in [-0.1, -0.05) is 0 Å². The molecule has 2 aliphatic heterocycles. The van der Waals surface area contributed by atoms with Crippen molar-refractivity contribution < 1.29 is 13.9 Å². The standard InChI is InChI=1S/C17H24N2O3/c1-21-16-4-6-19(17(20)13-5-7-22-11-13)15-10-18(9-14(15)16)8-12-2-3-12/h5,7,11-12,14-16H,2-4,6,8-10H2,1H3/t14-,15+,16+/m0/s1. The number of piperidine rings is 1. The van der Waals surface area contributed by atoms with Gasteiger partial charge in [0, 0.05) is 39.2 Å². The number of likely N-dealkylation sites (tertiary alicyclic amines) is 2. The molecule has 2 saturated heterocycles. The number of rotatable bonds is 4. The van der Waals surface area contributed by atoms with Crippen molar-refractivity contribution in [3.05, 3.63) is 24.2 Å². The molecule has 0 spiro atoms. The third-order valence-corrected chi connectivity index (χ3v) is 5.49. The minimum Gasteiger partial charge on any atom is -0.472 e. The fourth-order valence-corrected chi connectivity index (χ4v) is 4.15. The number of furan rings is 1. The summed E-state index contributed by atoms with van der Waals surface area (Å²) in [4.78, 5) is 17.3. The Labute approximate surface area is 131 Å². The lowest BCUT2D eigenvalue weighted by Gasteiger charge is -2.41. The molecule has 1 aromatic rings. The molecule has 0 radical (unpaired) electrons. The van der Waals surface area contributed by atoms with Crippen LogP contribution >= 0.6 is 0 Å². The molecule has 4 rings (SSSR count). The normalized spacial score (nSPS) is 32.2. The first-order valence-corrected chi connectivity index (χ1v) is 8.34. The first kappa shape index (κ1) is 14.3. The summed E-state index contributed by atoms with van der Waals surface area (Å²) in [5.74, 6) is 1.43. The van der Waals surface area contributed by atoms with E-state index in [4.69, 9.17) is 9.15 Å². The van der Waals surface area contributed by atoms with Crippen molar-refractivity contribution in [3.8, 4) is 0 Å². The summed E-state index contributed by atoms with van der Waals surface area (Å²) in [6, 6.07) is 2.04. The Balaban J connectivity index is 1.52. The number of carbonyl (C=O) groups is 1. The van der Waals surface area contributed by atoms with Gasteiger partial charge in [0.2, 0.25) is 0 Å². The second kappa shape index (κ2) is 5.70. The Bertz CT molecular complexity index is 526. The molecular formula is C17H24N2O3. The zero-order valence-electron chi connectivity index (χ0n) is 13.1. The van der Waals surface area contributed by atoms with Crippen molar-refractivity contribution in [2.45, 2.75) is 31.4 Å². The molecule has 3 fully saturated rings. The summed E-state index contributed by atoms with van der Waals surface area (Å²) >= 11 is 0. The van der Waals surface area contributed by atoms with E-state index in [1.807, 2.05) is 0 Å². The van der Waals surface area contributed by atoms with Gasteiger partial charge in [-0.3, -0.25) is 4.79 Å². The van der Waals surface area contributed by atoms with Crippen LogP contribution in [0.2, 0.25) is 0 Å². The van der Waals surface area contributed by atoms with E-state index in [9.17, 15) is 4.79 Å². The summed E-state index contributed by atoms with van der Waals surface area (Å²) in [6.07, 6.45) is 7.08. The second-order valence-electron chi connectivity index (χ2n) is 6.97. The monoisotopic (exact) mass is 304 g/mol. The molecule has 120 valence electrons. The van der Waals surface area contributed by atoms with Crippen LogP contribution in [0.25, 0.3) is 0 Å².